The van der Waals surface area contributed by atoms with Crippen molar-refractivity contribution in [3.63, 3.8) is 0 Å². The number of carbonyl (C=O) groups is 5. The summed E-state index contributed by atoms with van der Waals surface area (Å²) in [6.07, 6.45) is -0.0765. The summed E-state index contributed by atoms with van der Waals surface area (Å²) in [5.74, 6) is -2.49. The SMILES string of the molecule is CC(C)(C)OC(=O)NCCOCCOCCn1nncc1CC(O)c1cccc2c1C(=O)N(C1CCC(=O)NC1=O)C2=O. The van der Waals surface area contributed by atoms with E-state index in [1.807, 2.05) is 0 Å². The second-order valence-electron chi connectivity index (χ2n) is 11.0. The van der Waals surface area contributed by atoms with Crippen LogP contribution in [0.2, 0.25) is 0 Å². The van der Waals surface area contributed by atoms with Crippen LogP contribution in [0.5, 0.6) is 0 Å². The molecule has 0 radical (unpaired) electrons. The molecule has 15 nitrogen and oxygen atoms in total. The molecule has 0 saturated carbocycles. The van der Waals surface area contributed by atoms with Gasteiger partial charge < -0.3 is 24.6 Å². The van der Waals surface area contributed by atoms with Crippen LogP contribution in [0.25, 0.3) is 0 Å². The maximum Gasteiger partial charge on any atom is 0.407 e. The predicted molar refractivity (Wildman–Crippen MR) is 148 cm³/mol. The maximum absolute atomic E-state index is 13.3. The predicted octanol–water partition coefficient (Wildman–Crippen LogP) is 0.513. The number of rotatable bonds is 13. The summed E-state index contributed by atoms with van der Waals surface area (Å²) in [5, 5.41) is 23.8. The van der Waals surface area contributed by atoms with E-state index in [0.717, 1.165) is 4.90 Å². The molecule has 232 valence electrons. The first kappa shape index (κ1) is 31.7. The van der Waals surface area contributed by atoms with Crippen molar-refractivity contribution in [1.29, 1.82) is 0 Å². The van der Waals surface area contributed by atoms with Crippen LogP contribution >= 0.6 is 0 Å². The number of carbonyl (C=O) groups excluding carboxylic acids is 5. The van der Waals surface area contributed by atoms with Gasteiger partial charge in [0.2, 0.25) is 11.8 Å². The third-order valence-electron chi connectivity index (χ3n) is 6.69. The number of imide groups is 2. The molecular formula is C28H36N6O9. The Morgan fingerprint density at radius 2 is 1.86 bits per heavy atom. The normalized spacial score (nSPS) is 17.6. The summed E-state index contributed by atoms with van der Waals surface area (Å²) in [6, 6.07) is 3.50. The Bertz CT molecular complexity index is 1370. The first-order valence-corrected chi connectivity index (χ1v) is 14.0. The number of fused-ring (bicyclic) bond motifs is 1. The highest BCUT2D eigenvalue weighted by Gasteiger charge is 2.46. The molecule has 2 atom stereocenters. The highest BCUT2D eigenvalue weighted by Crippen LogP contribution is 2.33. The Balaban J connectivity index is 1.25. The molecule has 3 heterocycles. The third kappa shape index (κ3) is 8.00. The minimum atomic E-state index is -1.17. The molecule has 2 aliphatic heterocycles. The van der Waals surface area contributed by atoms with E-state index < -0.39 is 47.5 Å². The minimum absolute atomic E-state index is 0.0142. The molecule has 4 rings (SSSR count). The maximum atomic E-state index is 13.3. The van der Waals surface area contributed by atoms with Gasteiger partial charge in [-0.3, -0.25) is 29.4 Å². The number of ether oxygens (including phenoxy) is 3. The van der Waals surface area contributed by atoms with Crippen LogP contribution in [-0.4, -0.2) is 99.3 Å². The lowest BCUT2D eigenvalue weighted by Gasteiger charge is -2.28. The molecule has 43 heavy (non-hydrogen) atoms. The minimum Gasteiger partial charge on any atom is -0.444 e. The van der Waals surface area contributed by atoms with Crippen LogP contribution in [0.3, 0.4) is 0 Å². The third-order valence-corrected chi connectivity index (χ3v) is 6.69. The van der Waals surface area contributed by atoms with Gasteiger partial charge in [-0.05, 0) is 38.8 Å². The molecule has 1 aromatic heterocycles. The van der Waals surface area contributed by atoms with Crippen molar-refractivity contribution in [1.82, 2.24) is 30.5 Å². The number of alkyl carbamates (subject to hydrolysis) is 1. The lowest BCUT2D eigenvalue weighted by atomic mass is 9.96. The van der Waals surface area contributed by atoms with Crippen LogP contribution in [0.4, 0.5) is 4.79 Å². The van der Waals surface area contributed by atoms with Gasteiger partial charge in [-0.25, -0.2) is 9.48 Å². The number of aromatic nitrogens is 3. The molecule has 3 N–H and O–H groups in total. The summed E-state index contributed by atoms with van der Waals surface area (Å²) in [5.41, 5.74) is 0.385. The van der Waals surface area contributed by atoms with Crippen molar-refractivity contribution in [2.24, 2.45) is 0 Å². The fraction of sp³-hybridized carbons (Fsp3) is 0.536. The standard InChI is InChI=1S/C28H36N6O9/c1-28(2,3)43-27(40)29-9-11-41-13-14-42-12-10-33-17(16-30-32-33)15-21(35)18-5-4-6-19-23(18)26(39)34(25(19)38)20-7-8-22(36)31-24(20)37/h4-6,16,20-21,35H,7-15H2,1-3H3,(H,29,40)(H,31,36,37). The number of hydrogen-bond acceptors (Lipinski definition) is 11. The largest absolute Gasteiger partial charge is 0.444 e. The Kier molecular flexibility index (Phi) is 10.2. The smallest absolute Gasteiger partial charge is 0.407 e. The number of nitrogens with zero attached hydrogens (tertiary/aromatic N) is 4. The first-order valence-electron chi connectivity index (χ1n) is 14.0. The number of aliphatic hydroxyl groups excluding tert-OH is 1. The van der Waals surface area contributed by atoms with Crippen molar-refractivity contribution in [2.45, 2.75) is 64.3 Å². The zero-order valence-corrected chi connectivity index (χ0v) is 24.3. The highest BCUT2D eigenvalue weighted by atomic mass is 16.6. The molecule has 15 heteroatoms. The van der Waals surface area contributed by atoms with Gasteiger partial charge >= 0.3 is 6.09 Å². The van der Waals surface area contributed by atoms with Gasteiger partial charge in [-0.1, -0.05) is 17.3 Å². The highest BCUT2D eigenvalue weighted by molar-refractivity contribution is 6.24. The molecular weight excluding hydrogens is 564 g/mol. The zero-order chi connectivity index (χ0) is 31.1. The van der Waals surface area contributed by atoms with Crippen molar-refractivity contribution < 1.29 is 43.3 Å². The lowest BCUT2D eigenvalue weighted by Crippen LogP contribution is -2.54. The average molecular weight is 601 g/mol. The van der Waals surface area contributed by atoms with E-state index in [1.165, 1.54) is 12.3 Å². The quantitative estimate of drug-likeness (QED) is 0.214. The summed E-state index contributed by atoms with van der Waals surface area (Å²) in [6.45, 7) is 7.22. The Morgan fingerprint density at radius 1 is 1.12 bits per heavy atom. The molecule has 1 aromatic carbocycles. The van der Waals surface area contributed by atoms with E-state index >= 15 is 0 Å². The van der Waals surface area contributed by atoms with E-state index in [0.29, 0.717) is 45.2 Å². The molecule has 1 fully saturated rings. The van der Waals surface area contributed by atoms with Gasteiger partial charge in [0.1, 0.15) is 11.6 Å². The molecule has 1 saturated heterocycles. The van der Waals surface area contributed by atoms with E-state index in [-0.39, 0.29) is 36.0 Å². The fourth-order valence-electron chi connectivity index (χ4n) is 4.76. The molecule has 0 spiro atoms. The monoisotopic (exact) mass is 600 g/mol. The Labute approximate surface area is 247 Å². The molecule has 2 aromatic rings. The van der Waals surface area contributed by atoms with Crippen LogP contribution in [-0.2, 0) is 36.8 Å². The summed E-state index contributed by atoms with van der Waals surface area (Å²) in [4.78, 5) is 62.8. The second-order valence-corrected chi connectivity index (χ2v) is 11.0. The lowest BCUT2D eigenvalue weighted by molar-refractivity contribution is -0.136. The molecule has 0 bridgehead atoms. The van der Waals surface area contributed by atoms with Crippen molar-refractivity contribution >= 4 is 29.7 Å². The van der Waals surface area contributed by atoms with Gasteiger partial charge in [0.25, 0.3) is 11.8 Å². The number of hydrogen-bond donors (Lipinski definition) is 3. The molecule has 2 aliphatic rings. The Morgan fingerprint density at radius 3 is 2.58 bits per heavy atom. The fourth-order valence-corrected chi connectivity index (χ4v) is 4.76. The van der Waals surface area contributed by atoms with Crippen LogP contribution < -0.4 is 10.6 Å². The van der Waals surface area contributed by atoms with Crippen molar-refractivity contribution in [3.05, 3.63) is 46.8 Å². The number of aliphatic hydroxyl groups is 1. The molecule has 2 unspecified atom stereocenters. The summed E-state index contributed by atoms with van der Waals surface area (Å²) in [7, 11) is 0. The number of piperidine rings is 1. The molecule has 0 aliphatic carbocycles. The van der Waals surface area contributed by atoms with Gasteiger partial charge in [0.05, 0.1) is 62.1 Å². The van der Waals surface area contributed by atoms with E-state index in [9.17, 15) is 29.1 Å². The summed E-state index contributed by atoms with van der Waals surface area (Å²) < 4.78 is 17.7. The van der Waals surface area contributed by atoms with E-state index in [4.69, 9.17) is 14.2 Å². The van der Waals surface area contributed by atoms with Crippen LogP contribution in [0.15, 0.2) is 24.4 Å². The first-order chi connectivity index (χ1) is 20.5. The van der Waals surface area contributed by atoms with Crippen LogP contribution in [0.1, 0.15) is 71.7 Å². The molecule has 5 amide bonds. The number of amides is 5. The average Bonchev–Trinajstić information content (AvgIpc) is 3.48. The number of benzene rings is 1. The van der Waals surface area contributed by atoms with Crippen molar-refractivity contribution in [3.8, 4) is 0 Å². The van der Waals surface area contributed by atoms with Gasteiger partial charge in [-0.2, -0.15) is 0 Å². The second kappa shape index (κ2) is 13.8. The van der Waals surface area contributed by atoms with Gasteiger partial charge in [0, 0.05) is 19.4 Å². The van der Waals surface area contributed by atoms with Crippen molar-refractivity contribution in [2.75, 3.05) is 33.0 Å². The van der Waals surface area contributed by atoms with E-state index in [2.05, 4.69) is 20.9 Å². The van der Waals surface area contributed by atoms with Gasteiger partial charge in [0.15, 0.2) is 0 Å². The Hall–Kier alpha value is -4.21. The number of nitrogens with one attached hydrogen (secondary N) is 2. The zero-order valence-electron chi connectivity index (χ0n) is 24.3. The topological polar surface area (TPSA) is 191 Å². The summed E-state index contributed by atoms with van der Waals surface area (Å²) >= 11 is 0. The van der Waals surface area contributed by atoms with E-state index in [1.54, 1.807) is 37.6 Å². The van der Waals surface area contributed by atoms with Gasteiger partial charge in [-0.15, -0.1) is 5.10 Å². The van der Waals surface area contributed by atoms with Crippen LogP contribution in [0, 0.1) is 0 Å².